The molecule has 0 saturated heterocycles. The zero-order valence-corrected chi connectivity index (χ0v) is 26.7. The molecule has 0 spiro atoms. The Bertz CT molecular complexity index is 1660. The summed E-state index contributed by atoms with van der Waals surface area (Å²) < 4.78 is 6.28. The second-order valence-corrected chi connectivity index (χ2v) is 12.6. The highest BCUT2D eigenvalue weighted by Gasteiger charge is 2.30. The summed E-state index contributed by atoms with van der Waals surface area (Å²) in [5.74, 6) is 1.37. The normalized spacial score (nSPS) is 19.8. The Morgan fingerprint density at radius 3 is 2.76 bits per heavy atom. The molecule has 1 aromatic heterocycles. The van der Waals surface area contributed by atoms with E-state index in [4.69, 9.17) is 14.7 Å². The summed E-state index contributed by atoms with van der Waals surface area (Å²) >= 11 is 0. The number of aryl methyl sites for hydroxylation is 1. The van der Waals surface area contributed by atoms with E-state index >= 15 is 0 Å². The monoisotopic (exact) mass is 605 g/mol. The van der Waals surface area contributed by atoms with E-state index in [0.717, 1.165) is 42.5 Å². The Morgan fingerprint density at radius 1 is 1.18 bits per heavy atom. The fourth-order valence-electron chi connectivity index (χ4n) is 7.12. The van der Waals surface area contributed by atoms with Crippen LogP contribution in [0.1, 0.15) is 49.4 Å². The lowest BCUT2D eigenvalue weighted by molar-refractivity contribution is -0.124. The smallest absolute Gasteiger partial charge is 0.318 e. The lowest BCUT2D eigenvalue weighted by Gasteiger charge is -2.36. The first-order valence-electron chi connectivity index (χ1n) is 16.1. The molecule has 1 saturated carbocycles. The number of benzene rings is 2. The highest BCUT2D eigenvalue weighted by Crippen LogP contribution is 2.36. The summed E-state index contributed by atoms with van der Waals surface area (Å²) in [6, 6.07) is 16.1. The molecule has 2 unspecified atom stereocenters. The molecule has 1 fully saturated rings. The quantitative estimate of drug-likeness (QED) is 0.292. The Morgan fingerprint density at radius 2 is 2.00 bits per heavy atom. The van der Waals surface area contributed by atoms with E-state index in [0.29, 0.717) is 44.0 Å². The van der Waals surface area contributed by atoms with Crippen LogP contribution in [0.15, 0.2) is 61.0 Å². The number of likely N-dealkylation sites (N-methyl/N-ethyl adjacent to an activating group) is 1. The highest BCUT2D eigenvalue weighted by atomic mass is 16.5. The average molecular weight is 606 g/mol. The van der Waals surface area contributed by atoms with Crippen molar-refractivity contribution in [2.45, 2.75) is 58.5 Å². The van der Waals surface area contributed by atoms with Crippen LogP contribution < -0.4 is 14.5 Å². The minimum atomic E-state index is -0.202. The second-order valence-electron chi connectivity index (χ2n) is 12.6. The van der Waals surface area contributed by atoms with Gasteiger partial charge in [0.05, 0.1) is 30.4 Å². The number of aromatic nitrogens is 2. The van der Waals surface area contributed by atoms with E-state index in [9.17, 15) is 10.1 Å². The summed E-state index contributed by atoms with van der Waals surface area (Å²) in [5.41, 5.74) is 5.14. The molecule has 9 nitrogen and oxygen atoms in total. The number of anilines is 2. The standard InChI is InChI=1S/C36H43N7O2/c1-5-33(44)43-19-18-42(23-29(43)14-16-37)35-30-15-17-41(32-11-7-10-27-9-6-8-26(3)34(27)32)24-31(30)38-36(39-35)45-21-20-40(4)28-13-12-25(2)22-28/h5-11,23,25,28H,1,12-15,17-22,24H2,2-4H3. The molecule has 234 valence electrons. The minimum Gasteiger partial charge on any atom is -0.462 e. The lowest BCUT2D eigenvalue weighted by Crippen LogP contribution is -2.42. The van der Waals surface area contributed by atoms with Gasteiger partial charge in [-0.05, 0) is 68.7 Å². The molecular weight excluding hydrogens is 562 g/mol. The summed E-state index contributed by atoms with van der Waals surface area (Å²) in [6.07, 6.45) is 7.82. The summed E-state index contributed by atoms with van der Waals surface area (Å²) in [4.78, 5) is 31.0. The molecule has 2 aliphatic heterocycles. The molecule has 3 aliphatic rings. The van der Waals surface area contributed by atoms with E-state index < -0.39 is 0 Å². The Balaban J connectivity index is 1.32. The van der Waals surface area contributed by atoms with Crippen LogP contribution in [0.4, 0.5) is 11.5 Å². The summed E-state index contributed by atoms with van der Waals surface area (Å²) in [6.45, 7) is 11.9. The molecule has 0 N–H and O–H groups in total. The van der Waals surface area contributed by atoms with E-state index in [1.807, 2.05) is 6.20 Å². The molecule has 0 bridgehead atoms. The molecule has 2 atom stereocenters. The Hall–Kier alpha value is -4.42. The fraction of sp³-hybridized carbons (Fsp3) is 0.444. The van der Waals surface area contributed by atoms with E-state index in [1.54, 1.807) is 4.90 Å². The number of amides is 1. The molecule has 1 amide bonds. The molecule has 0 radical (unpaired) electrons. The molecule has 2 aromatic carbocycles. The third-order valence-electron chi connectivity index (χ3n) is 9.61. The minimum absolute atomic E-state index is 0.118. The van der Waals surface area contributed by atoms with Gasteiger partial charge in [-0.1, -0.05) is 43.8 Å². The zero-order valence-electron chi connectivity index (χ0n) is 26.7. The van der Waals surface area contributed by atoms with Crippen molar-refractivity contribution in [2.75, 3.05) is 49.6 Å². The number of hydrogen-bond donors (Lipinski definition) is 0. The van der Waals surface area contributed by atoms with Gasteiger partial charge in [0.1, 0.15) is 12.4 Å². The zero-order chi connectivity index (χ0) is 31.5. The van der Waals surface area contributed by atoms with Crippen molar-refractivity contribution >= 4 is 28.2 Å². The van der Waals surface area contributed by atoms with Gasteiger partial charge in [-0.25, -0.2) is 0 Å². The first kappa shape index (κ1) is 30.6. The van der Waals surface area contributed by atoms with Gasteiger partial charge in [-0.3, -0.25) is 4.79 Å². The molecule has 6 rings (SSSR count). The average Bonchev–Trinajstić information content (AvgIpc) is 3.50. The predicted octanol–water partition coefficient (Wildman–Crippen LogP) is 5.59. The molecular formula is C36H43N7O2. The number of ether oxygens (including phenoxy) is 1. The lowest BCUT2D eigenvalue weighted by atomic mass is 9.99. The van der Waals surface area contributed by atoms with Crippen molar-refractivity contribution < 1.29 is 9.53 Å². The van der Waals surface area contributed by atoms with Gasteiger partial charge in [0.2, 0.25) is 5.91 Å². The Labute approximate surface area is 266 Å². The molecule has 3 aromatic rings. The first-order chi connectivity index (χ1) is 21.9. The van der Waals surface area contributed by atoms with Crippen LogP contribution in [0.5, 0.6) is 6.01 Å². The van der Waals surface area contributed by atoms with E-state index in [-0.39, 0.29) is 12.3 Å². The molecule has 45 heavy (non-hydrogen) atoms. The number of rotatable bonds is 9. The third kappa shape index (κ3) is 6.38. The summed E-state index contributed by atoms with van der Waals surface area (Å²) in [7, 11) is 2.18. The van der Waals surface area contributed by atoms with E-state index in [1.165, 1.54) is 47.4 Å². The van der Waals surface area contributed by atoms with Crippen molar-refractivity contribution in [1.82, 2.24) is 19.8 Å². The highest BCUT2D eigenvalue weighted by molar-refractivity contribution is 5.97. The number of fused-ring (bicyclic) bond motifs is 2. The number of allylic oxidation sites excluding steroid dienone is 1. The number of carbonyl (C=O) groups excluding carboxylic acids is 1. The van der Waals surface area contributed by atoms with Crippen LogP contribution in [0.25, 0.3) is 10.8 Å². The van der Waals surface area contributed by atoms with Gasteiger partial charge >= 0.3 is 6.01 Å². The van der Waals surface area contributed by atoms with Crippen LogP contribution in [-0.4, -0.2) is 71.6 Å². The second kappa shape index (κ2) is 13.3. The van der Waals surface area contributed by atoms with Crippen molar-refractivity contribution in [3.05, 3.63) is 77.8 Å². The van der Waals surface area contributed by atoms with Gasteiger partial charge < -0.3 is 24.3 Å². The number of nitriles is 1. The maximum absolute atomic E-state index is 12.5. The van der Waals surface area contributed by atoms with Crippen LogP contribution >= 0.6 is 0 Å². The van der Waals surface area contributed by atoms with Crippen molar-refractivity contribution in [2.24, 2.45) is 5.92 Å². The molecule has 1 aliphatic carbocycles. The van der Waals surface area contributed by atoms with E-state index in [2.05, 4.69) is 84.6 Å². The molecule has 9 heteroatoms. The topological polar surface area (TPSA) is 88.8 Å². The largest absolute Gasteiger partial charge is 0.462 e. The van der Waals surface area contributed by atoms with Crippen LogP contribution in [0, 0.1) is 24.2 Å². The third-order valence-corrected chi connectivity index (χ3v) is 9.61. The van der Waals surface area contributed by atoms with Crippen LogP contribution in [0.2, 0.25) is 0 Å². The van der Waals surface area contributed by atoms with Crippen molar-refractivity contribution in [3.8, 4) is 12.1 Å². The SMILES string of the molecule is C=CC(=O)N1CCN(c2nc(OCCN(C)C3CCC(C)C3)nc3c2CCN(c2cccc4cccc(C)c24)C3)C=C1CC#N. The predicted molar refractivity (Wildman–Crippen MR) is 178 cm³/mol. The number of hydrogen-bond acceptors (Lipinski definition) is 8. The number of carbonyl (C=O) groups is 1. The first-order valence-corrected chi connectivity index (χ1v) is 16.1. The van der Waals surface area contributed by atoms with Crippen LogP contribution in [0.3, 0.4) is 0 Å². The maximum atomic E-state index is 12.5. The van der Waals surface area contributed by atoms with Crippen molar-refractivity contribution in [1.29, 1.82) is 5.26 Å². The maximum Gasteiger partial charge on any atom is 0.318 e. The van der Waals surface area contributed by atoms with Crippen molar-refractivity contribution in [3.63, 3.8) is 0 Å². The van der Waals surface area contributed by atoms with Gasteiger partial charge in [0, 0.05) is 55.1 Å². The fourth-order valence-corrected chi connectivity index (χ4v) is 7.12. The van der Waals surface area contributed by atoms with Crippen LogP contribution in [-0.2, 0) is 17.8 Å². The van der Waals surface area contributed by atoms with Gasteiger partial charge in [0.15, 0.2) is 0 Å². The molecule has 3 heterocycles. The Kier molecular flexibility index (Phi) is 9.04. The number of nitrogens with zero attached hydrogens (tertiary/aromatic N) is 7. The van der Waals surface area contributed by atoms with Gasteiger partial charge in [0.25, 0.3) is 0 Å². The van der Waals surface area contributed by atoms with Gasteiger partial charge in [-0.15, -0.1) is 0 Å². The summed E-state index contributed by atoms with van der Waals surface area (Å²) in [5, 5.41) is 12.0. The van der Waals surface area contributed by atoms with Gasteiger partial charge in [-0.2, -0.15) is 15.2 Å².